The minimum atomic E-state index is -3.54. The molecule has 16 heavy (non-hydrogen) atoms. The molecule has 0 radical (unpaired) electrons. The van der Waals surface area contributed by atoms with Gasteiger partial charge in [0, 0.05) is 19.1 Å². The average Bonchev–Trinajstić information content (AvgIpc) is 2.92. The van der Waals surface area contributed by atoms with Gasteiger partial charge in [0.2, 0.25) is 5.91 Å². The number of amides is 1. The average molecular weight is 247 g/mol. The Labute approximate surface area is 95.6 Å². The Morgan fingerprint density at radius 2 is 2.06 bits per heavy atom. The van der Waals surface area contributed by atoms with E-state index in [0.717, 1.165) is 12.8 Å². The molecular weight excluding hydrogens is 230 g/mol. The van der Waals surface area contributed by atoms with Crippen molar-refractivity contribution in [1.82, 2.24) is 14.3 Å². The summed E-state index contributed by atoms with van der Waals surface area (Å²) in [6, 6.07) is 0.0609. The van der Waals surface area contributed by atoms with E-state index in [1.807, 2.05) is 0 Å². The molecule has 0 bridgehead atoms. The SMILES string of the molecule is CC1(C)C(=O)NCCN1S(=O)(=O)NC1CC1. The van der Waals surface area contributed by atoms with E-state index in [0.29, 0.717) is 13.1 Å². The minimum Gasteiger partial charge on any atom is -0.353 e. The molecule has 0 aromatic heterocycles. The van der Waals surface area contributed by atoms with Crippen molar-refractivity contribution in [3.05, 3.63) is 0 Å². The Hall–Kier alpha value is -0.660. The molecule has 1 saturated heterocycles. The first-order valence-corrected chi connectivity index (χ1v) is 6.86. The topological polar surface area (TPSA) is 78.5 Å². The fourth-order valence-corrected chi connectivity index (χ4v) is 3.58. The molecule has 1 amide bonds. The van der Waals surface area contributed by atoms with Crippen LogP contribution in [-0.4, -0.2) is 43.3 Å². The van der Waals surface area contributed by atoms with E-state index >= 15 is 0 Å². The van der Waals surface area contributed by atoms with E-state index in [2.05, 4.69) is 10.0 Å². The van der Waals surface area contributed by atoms with Gasteiger partial charge in [-0.25, -0.2) is 0 Å². The Bertz CT molecular complexity index is 400. The maximum Gasteiger partial charge on any atom is 0.280 e. The van der Waals surface area contributed by atoms with Gasteiger partial charge >= 0.3 is 0 Å². The summed E-state index contributed by atoms with van der Waals surface area (Å²) in [4.78, 5) is 11.6. The van der Waals surface area contributed by atoms with Crippen LogP contribution in [0.2, 0.25) is 0 Å². The van der Waals surface area contributed by atoms with Crippen molar-refractivity contribution < 1.29 is 13.2 Å². The molecule has 0 spiro atoms. The van der Waals surface area contributed by atoms with Gasteiger partial charge in [-0.3, -0.25) is 4.79 Å². The summed E-state index contributed by atoms with van der Waals surface area (Å²) in [6.07, 6.45) is 1.78. The van der Waals surface area contributed by atoms with Crippen molar-refractivity contribution in [3.8, 4) is 0 Å². The van der Waals surface area contributed by atoms with Gasteiger partial charge < -0.3 is 5.32 Å². The molecule has 0 unspecified atom stereocenters. The highest BCUT2D eigenvalue weighted by Gasteiger charge is 2.45. The summed E-state index contributed by atoms with van der Waals surface area (Å²) in [5.41, 5.74) is -1.01. The summed E-state index contributed by atoms with van der Waals surface area (Å²) in [5, 5.41) is 2.67. The van der Waals surface area contributed by atoms with E-state index < -0.39 is 15.7 Å². The first kappa shape index (κ1) is 11.8. The molecule has 2 rings (SSSR count). The smallest absolute Gasteiger partial charge is 0.280 e. The Kier molecular flexibility index (Phi) is 2.72. The Morgan fingerprint density at radius 1 is 1.44 bits per heavy atom. The van der Waals surface area contributed by atoms with Gasteiger partial charge in [-0.05, 0) is 26.7 Å². The van der Waals surface area contributed by atoms with Crippen molar-refractivity contribution in [2.45, 2.75) is 38.3 Å². The van der Waals surface area contributed by atoms with E-state index in [1.165, 1.54) is 4.31 Å². The van der Waals surface area contributed by atoms with Crippen molar-refractivity contribution in [2.75, 3.05) is 13.1 Å². The molecule has 2 aliphatic rings. The third-order valence-corrected chi connectivity index (χ3v) is 4.81. The molecule has 0 aromatic rings. The summed E-state index contributed by atoms with van der Waals surface area (Å²) >= 11 is 0. The largest absolute Gasteiger partial charge is 0.353 e. The highest BCUT2D eigenvalue weighted by atomic mass is 32.2. The number of carbonyl (C=O) groups is 1. The van der Waals surface area contributed by atoms with E-state index in [4.69, 9.17) is 0 Å². The van der Waals surface area contributed by atoms with E-state index in [-0.39, 0.29) is 11.9 Å². The predicted molar refractivity (Wildman–Crippen MR) is 58.9 cm³/mol. The Morgan fingerprint density at radius 3 is 2.62 bits per heavy atom. The first-order valence-electron chi connectivity index (χ1n) is 5.42. The molecule has 1 aliphatic heterocycles. The first-order chi connectivity index (χ1) is 7.34. The van der Waals surface area contributed by atoms with Gasteiger partial charge in [-0.2, -0.15) is 17.4 Å². The lowest BCUT2D eigenvalue weighted by atomic mass is 10.0. The van der Waals surface area contributed by atoms with Crippen LogP contribution in [0, 0.1) is 0 Å². The van der Waals surface area contributed by atoms with Gasteiger partial charge in [0.05, 0.1) is 0 Å². The van der Waals surface area contributed by atoms with Gasteiger partial charge in [-0.15, -0.1) is 0 Å². The van der Waals surface area contributed by atoms with Crippen LogP contribution in [0.15, 0.2) is 0 Å². The lowest BCUT2D eigenvalue weighted by Crippen LogP contribution is -2.65. The highest BCUT2D eigenvalue weighted by molar-refractivity contribution is 7.87. The van der Waals surface area contributed by atoms with Gasteiger partial charge in [0.1, 0.15) is 5.54 Å². The lowest BCUT2D eigenvalue weighted by molar-refractivity contribution is -0.131. The minimum absolute atomic E-state index is 0.0609. The number of carbonyl (C=O) groups excluding carboxylic acids is 1. The molecule has 2 fully saturated rings. The Balaban J connectivity index is 2.20. The number of hydrogen-bond acceptors (Lipinski definition) is 3. The lowest BCUT2D eigenvalue weighted by Gasteiger charge is -2.39. The van der Waals surface area contributed by atoms with Crippen LogP contribution in [-0.2, 0) is 15.0 Å². The summed E-state index contributed by atoms with van der Waals surface area (Å²) in [7, 11) is -3.54. The summed E-state index contributed by atoms with van der Waals surface area (Å²) in [5.74, 6) is -0.250. The summed E-state index contributed by atoms with van der Waals surface area (Å²) < 4.78 is 27.9. The van der Waals surface area contributed by atoms with Crippen LogP contribution in [0.1, 0.15) is 26.7 Å². The van der Waals surface area contributed by atoms with E-state index in [9.17, 15) is 13.2 Å². The normalized spacial score (nSPS) is 26.5. The zero-order chi connectivity index (χ0) is 12.0. The maximum absolute atomic E-state index is 12.0. The molecule has 7 heteroatoms. The van der Waals surface area contributed by atoms with Crippen molar-refractivity contribution >= 4 is 16.1 Å². The van der Waals surface area contributed by atoms with Crippen molar-refractivity contribution in [2.24, 2.45) is 0 Å². The number of hydrogen-bond donors (Lipinski definition) is 2. The third kappa shape index (κ3) is 2.07. The van der Waals surface area contributed by atoms with Crippen LogP contribution >= 0.6 is 0 Å². The number of piperazine rings is 1. The van der Waals surface area contributed by atoms with Crippen LogP contribution in [0.4, 0.5) is 0 Å². The van der Waals surface area contributed by atoms with Crippen molar-refractivity contribution in [1.29, 1.82) is 0 Å². The highest BCUT2D eigenvalue weighted by Crippen LogP contribution is 2.25. The predicted octanol–water partition coefficient (Wildman–Crippen LogP) is -0.806. The molecule has 0 atom stereocenters. The molecule has 0 aromatic carbocycles. The molecule has 92 valence electrons. The van der Waals surface area contributed by atoms with Gasteiger partial charge in [0.25, 0.3) is 10.2 Å². The second-order valence-electron chi connectivity index (χ2n) is 4.78. The molecule has 1 aliphatic carbocycles. The zero-order valence-corrected chi connectivity index (χ0v) is 10.3. The van der Waals surface area contributed by atoms with E-state index in [1.54, 1.807) is 13.8 Å². The number of rotatable bonds is 3. The van der Waals surface area contributed by atoms with Gasteiger partial charge in [0.15, 0.2) is 0 Å². The molecule has 6 nitrogen and oxygen atoms in total. The standard InChI is InChI=1S/C9H17N3O3S/c1-9(2)8(13)10-5-6-12(9)16(14,15)11-7-3-4-7/h7,11H,3-6H2,1-2H3,(H,10,13). The number of nitrogens with one attached hydrogen (secondary N) is 2. The van der Waals surface area contributed by atoms with Gasteiger partial charge in [-0.1, -0.05) is 0 Å². The fraction of sp³-hybridized carbons (Fsp3) is 0.889. The van der Waals surface area contributed by atoms with Crippen LogP contribution in [0.3, 0.4) is 0 Å². The molecule has 1 saturated carbocycles. The van der Waals surface area contributed by atoms with Crippen LogP contribution in [0.25, 0.3) is 0 Å². The molecular formula is C9H17N3O3S. The quantitative estimate of drug-likeness (QED) is 0.685. The summed E-state index contributed by atoms with van der Waals surface area (Å²) in [6.45, 7) is 3.93. The van der Waals surface area contributed by atoms with Crippen LogP contribution in [0.5, 0.6) is 0 Å². The zero-order valence-electron chi connectivity index (χ0n) is 9.49. The monoisotopic (exact) mass is 247 g/mol. The molecule has 1 heterocycles. The number of nitrogens with zero attached hydrogens (tertiary/aromatic N) is 1. The third-order valence-electron chi connectivity index (χ3n) is 2.96. The fourth-order valence-electron chi connectivity index (χ4n) is 1.78. The molecule has 2 N–H and O–H groups in total. The van der Waals surface area contributed by atoms with Crippen molar-refractivity contribution in [3.63, 3.8) is 0 Å². The second kappa shape index (κ2) is 3.68. The maximum atomic E-state index is 12.0. The second-order valence-corrected chi connectivity index (χ2v) is 6.41. The van der Waals surface area contributed by atoms with Crippen LogP contribution < -0.4 is 10.0 Å².